The molecule has 1 atom stereocenters. The zero-order valence-electron chi connectivity index (χ0n) is 19.3. The summed E-state index contributed by atoms with van der Waals surface area (Å²) in [6, 6.07) is 16.0. The number of rotatable bonds is 9. The van der Waals surface area contributed by atoms with Gasteiger partial charge in [0.1, 0.15) is 11.6 Å². The summed E-state index contributed by atoms with van der Waals surface area (Å²) < 4.78 is 0. The number of carbonyl (C=O) groups is 1. The first kappa shape index (κ1) is 24.9. The summed E-state index contributed by atoms with van der Waals surface area (Å²) in [6.45, 7) is 4.33. The Kier molecular flexibility index (Phi) is 8.02. The van der Waals surface area contributed by atoms with Crippen molar-refractivity contribution in [2.75, 3.05) is 11.1 Å². The Morgan fingerprint density at radius 2 is 1.88 bits per heavy atom. The molecule has 0 spiro atoms. The van der Waals surface area contributed by atoms with Crippen LogP contribution in [0.3, 0.4) is 0 Å². The van der Waals surface area contributed by atoms with Gasteiger partial charge in [-0.25, -0.2) is 0 Å². The van der Waals surface area contributed by atoms with Gasteiger partial charge in [-0.15, -0.1) is 0 Å². The number of amidine groups is 1. The van der Waals surface area contributed by atoms with E-state index in [4.69, 9.17) is 28.5 Å². The quantitative estimate of drug-likeness (QED) is 0.115. The van der Waals surface area contributed by atoms with E-state index in [0.717, 1.165) is 17.5 Å². The summed E-state index contributed by atoms with van der Waals surface area (Å²) in [7, 11) is 0. The second kappa shape index (κ2) is 10.9. The summed E-state index contributed by atoms with van der Waals surface area (Å²) in [5.74, 6) is -0.293. The van der Waals surface area contributed by atoms with Gasteiger partial charge in [-0.3, -0.25) is 10.2 Å². The number of carbonyl (C=O) groups excluding carboxylic acids is 1. The Labute approximate surface area is 204 Å². The van der Waals surface area contributed by atoms with Crippen molar-refractivity contribution < 1.29 is 9.90 Å². The van der Waals surface area contributed by atoms with E-state index in [0.29, 0.717) is 39.6 Å². The van der Waals surface area contributed by atoms with Gasteiger partial charge >= 0.3 is 0 Å². The first-order valence-corrected chi connectivity index (χ1v) is 11.4. The van der Waals surface area contributed by atoms with Crippen molar-refractivity contribution in [2.24, 2.45) is 5.73 Å². The fraction of sp³-hybridized carbons (Fsp3) is 0.231. The summed E-state index contributed by atoms with van der Waals surface area (Å²) >= 11 is 6.67. The third kappa shape index (κ3) is 5.99. The SMILES string of the molecule is CC[C@@H](C)Nc1cc(Cl)c(-c2cccc(N)c2)c(CC(=O)NCc2ccc(C(=N)N)cc2)c1O. The summed E-state index contributed by atoms with van der Waals surface area (Å²) in [5, 5.41) is 25.1. The molecule has 3 rings (SSSR count). The van der Waals surface area contributed by atoms with Crippen molar-refractivity contribution in [3.05, 3.63) is 76.3 Å². The van der Waals surface area contributed by atoms with Gasteiger partial charge in [0.15, 0.2) is 0 Å². The van der Waals surface area contributed by atoms with E-state index >= 15 is 0 Å². The molecule has 0 aliphatic heterocycles. The molecule has 0 fully saturated rings. The van der Waals surface area contributed by atoms with E-state index in [1.165, 1.54) is 0 Å². The second-order valence-electron chi connectivity index (χ2n) is 8.25. The number of amides is 1. The number of anilines is 2. The zero-order chi connectivity index (χ0) is 24.8. The molecule has 0 bridgehead atoms. The number of halogens is 1. The van der Waals surface area contributed by atoms with Crippen LogP contribution >= 0.6 is 11.6 Å². The van der Waals surface area contributed by atoms with Crippen molar-refractivity contribution >= 4 is 34.7 Å². The molecule has 8 N–H and O–H groups in total. The largest absolute Gasteiger partial charge is 0.505 e. The minimum Gasteiger partial charge on any atom is -0.505 e. The monoisotopic (exact) mass is 479 g/mol. The van der Waals surface area contributed by atoms with Crippen LogP contribution in [0.25, 0.3) is 11.1 Å². The fourth-order valence-corrected chi connectivity index (χ4v) is 3.91. The van der Waals surface area contributed by atoms with Gasteiger partial charge in [-0.05, 0) is 42.7 Å². The Bertz CT molecular complexity index is 1190. The molecule has 0 aliphatic carbocycles. The summed E-state index contributed by atoms with van der Waals surface area (Å²) in [6.07, 6.45) is 0.781. The standard InChI is InChI=1S/C26H30ClN5O2/c1-3-15(2)32-22-13-21(27)24(18-5-4-6-19(28)11-18)20(25(22)34)12-23(33)31-14-16-7-9-17(10-8-16)26(29)30/h4-11,13,15,32,34H,3,12,14,28H2,1-2H3,(H3,29,30)(H,31,33)/t15-/m1/s1. The molecule has 0 saturated heterocycles. The van der Waals surface area contributed by atoms with Gasteiger partial charge in [0.05, 0.1) is 17.1 Å². The van der Waals surface area contributed by atoms with Gasteiger partial charge in [0.2, 0.25) is 5.91 Å². The molecule has 0 radical (unpaired) electrons. The van der Waals surface area contributed by atoms with Crippen LogP contribution in [0.4, 0.5) is 11.4 Å². The molecule has 0 aliphatic rings. The molecule has 178 valence electrons. The Morgan fingerprint density at radius 1 is 1.18 bits per heavy atom. The van der Waals surface area contributed by atoms with Crippen molar-refractivity contribution in [3.8, 4) is 16.9 Å². The number of nitrogen functional groups attached to an aromatic ring is 2. The number of benzene rings is 3. The summed E-state index contributed by atoms with van der Waals surface area (Å²) in [5.41, 5.74) is 15.7. The van der Waals surface area contributed by atoms with Crippen LogP contribution in [0.1, 0.15) is 37.0 Å². The Hall–Kier alpha value is -3.71. The van der Waals surface area contributed by atoms with E-state index in [9.17, 15) is 9.90 Å². The molecular weight excluding hydrogens is 450 g/mol. The first-order chi connectivity index (χ1) is 16.2. The van der Waals surface area contributed by atoms with Gasteiger partial charge in [0, 0.05) is 35.0 Å². The molecule has 3 aromatic carbocycles. The normalized spacial score (nSPS) is 11.6. The lowest BCUT2D eigenvalue weighted by atomic mass is 9.94. The third-order valence-electron chi connectivity index (χ3n) is 5.63. The highest BCUT2D eigenvalue weighted by Gasteiger charge is 2.21. The van der Waals surface area contributed by atoms with Gasteiger partial charge < -0.3 is 27.2 Å². The van der Waals surface area contributed by atoms with Crippen LogP contribution in [0, 0.1) is 5.41 Å². The molecular formula is C26H30ClN5O2. The minimum atomic E-state index is -0.271. The second-order valence-corrected chi connectivity index (χ2v) is 8.66. The lowest BCUT2D eigenvalue weighted by Crippen LogP contribution is -2.25. The number of hydrogen-bond acceptors (Lipinski definition) is 5. The lowest BCUT2D eigenvalue weighted by molar-refractivity contribution is -0.120. The molecule has 7 nitrogen and oxygen atoms in total. The van der Waals surface area contributed by atoms with Crippen molar-refractivity contribution in [1.82, 2.24) is 5.32 Å². The van der Waals surface area contributed by atoms with Crippen molar-refractivity contribution in [2.45, 2.75) is 39.3 Å². The van der Waals surface area contributed by atoms with E-state index in [1.807, 2.05) is 19.9 Å². The molecule has 3 aromatic rings. The molecule has 0 saturated carbocycles. The highest BCUT2D eigenvalue weighted by molar-refractivity contribution is 6.34. The maximum Gasteiger partial charge on any atom is 0.224 e. The molecule has 0 heterocycles. The predicted octanol–water partition coefficient (Wildman–Crippen LogP) is 4.65. The molecule has 8 heteroatoms. The van der Waals surface area contributed by atoms with E-state index in [2.05, 4.69) is 10.6 Å². The van der Waals surface area contributed by atoms with Gasteiger partial charge in [-0.1, -0.05) is 54.9 Å². The van der Waals surface area contributed by atoms with Crippen LogP contribution in [-0.2, 0) is 17.8 Å². The smallest absolute Gasteiger partial charge is 0.224 e. The first-order valence-electron chi connectivity index (χ1n) is 11.1. The molecule has 0 unspecified atom stereocenters. The van der Waals surface area contributed by atoms with E-state index < -0.39 is 0 Å². The summed E-state index contributed by atoms with van der Waals surface area (Å²) in [4.78, 5) is 12.9. The number of phenolic OH excluding ortho intramolecular Hbond substituents is 1. The minimum absolute atomic E-state index is 0.0110. The van der Waals surface area contributed by atoms with Gasteiger partial charge in [0.25, 0.3) is 0 Å². The number of hydrogen-bond donors (Lipinski definition) is 6. The molecule has 34 heavy (non-hydrogen) atoms. The fourth-order valence-electron chi connectivity index (χ4n) is 3.57. The number of phenols is 1. The Balaban J connectivity index is 1.90. The van der Waals surface area contributed by atoms with Crippen LogP contribution in [-0.4, -0.2) is 22.9 Å². The lowest BCUT2D eigenvalue weighted by Gasteiger charge is -2.20. The third-order valence-corrected chi connectivity index (χ3v) is 5.93. The van der Waals surface area contributed by atoms with Crippen molar-refractivity contribution in [1.29, 1.82) is 5.41 Å². The highest BCUT2D eigenvalue weighted by Crippen LogP contribution is 2.42. The van der Waals surface area contributed by atoms with Crippen LogP contribution < -0.4 is 22.1 Å². The zero-order valence-corrected chi connectivity index (χ0v) is 20.0. The molecule has 0 aromatic heterocycles. The van der Waals surface area contributed by atoms with Crippen LogP contribution in [0.2, 0.25) is 5.02 Å². The molecule has 1 amide bonds. The predicted molar refractivity (Wildman–Crippen MR) is 139 cm³/mol. The average molecular weight is 480 g/mol. The number of nitrogens with two attached hydrogens (primary N) is 2. The maximum atomic E-state index is 12.9. The Morgan fingerprint density at radius 3 is 2.50 bits per heavy atom. The number of nitrogens with one attached hydrogen (secondary N) is 3. The van der Waals surface area contributed by atoms with E-state index in [-0.39, 0.29) is 30.0 Å². The number of aromatic hydroxyl groups is 1. The topological polar surface area (TPSA) is 137 Å². The average Bonchev–Trinajstić information content (AvgIpc) is 2.81. The van der Waals surface area contributed by atoms with E-state index in [1.54, 1.807) is 48.5 Å². The van der Waals surface area contributed by atoms with Gasteiger partial charge in [-0.2, -0.15) is 0 Å². The maximum absolute atomic E-state index is 12.9. The van der Waals surface area contributed by atoms with Crippen LogP contribution in [0.5, 0.6) is 5.75 Å². The highest BCUT2D eigenvalue weighted by atomic mass is 35.5. The van der Waals surface area contributed by atoms with Crippen LogP contribution in [0.15, 0.2) is 54.6 Å². The van der Waals surface area contributed by atoms with Crippen molar-refractivity contribution in [3.63, 3.8) is 0 Å².